The van der Waals surface area contributed by atoms with Crippen molar-refractivity contribution in [3.63, 3.8) is 0 Å². The van der Waals surface area contributed by atoms with Crippen LogP contribution in [0.2, 0.25) is 0 Å². The second kappa shape index (κ2) is 18.8. The molecule has 1 aromatic carbocycles. The molecule has 3 N–H and O–H groups in total. The number of carbonyl (C=O) groups excluding carboxylic acids is 4. The maximum absolute atomic E-state index is 13.8. The van der Waals surface area contributed by atoms with Gasteiger partial charge in [-0.1, -0.05) is 64.4 Å². The van der Waals surface area contributed by atoms with E-state index in [2.05, 4.69) is 15.6 Å². The predicted octanol–water partition coefficient (Wildman–Crippen LogP) is 4.45. The van der Waals surface area contributed by atoms with Gasteiger partial charge in [-0.2, -0.15) is 0 Å². The van der Waals surface area contributed by atoms with Crippen molar-refractivity contribution in [1.29, 1.82) is 0 Å². The van der Waals surface area contributed by atoms with Crippen molar-refractivity contribution in [2.45, 2.75) is 110 Å². The van der Waals surface area contributed by atoms with E-state index in [-0.39, 0.29) is 48.4 Å². The van der Waals surface area contributed by atoms with Crippen molar-refractivity contribution in [2.75, 3.05) is 20.6 Å². The van der Waals surface area contributed by atoms with Gasteiger partial charge in [-0.25, -0.2) is 4.98 Å². The zero-order chi connectivity index (χ0) is 36.2. The van der Waals surface area contributed by atoms with Gasteiger partial charge < -0.3 is 25.4 Å². The van der Waals surface area contributed by atoms with Gasteiger partial charge in [0.25, 0.3) is 5.91 Å². The third-order valence-corrected chi connectivity index (χ3v) is 10.2. The number of likely N-dealkylation sites (tertiary alicyclic amines) is 1. The third-order valence-electron chi connectivity index (χ3n) is 9.22. The van der Waals surface area contributed by atoms with E-state index in [1.165, 1.54) is 18.3 Å². The minimum absolute atomic E-state index is 0.0394. The van der Waals surface area contributed by atoms with E-state index >= 15 is 0 Å². The number of thiazole rings is 1. The topological polar surface area (TPSA) is 158 Å². The van der Waals surface area contributed by atoms with Gasteiger partial charge in [0, 0.05) is 37.9 Å². The number of nitrogens with zero attached hydrogens (tertiary/aromatic N) is 3. The number of hydrogen-bond donors (Lipinski definition) is 3. The summed E-state index contributed by atoms with van der Waals surface area (Å²) in [7, 11) is 3.63. The molecule has 0 aliphatic carbocycles. The average Bonchev–Trinajstić information content (AvgIpc) is 3.56. The lowest BCUT2D eigenvalue weighted by Crippen LogP contribution is -2.55. The monoisotopic (exact) mass is 699 g/mol. The molecule has 0 radical (unpaired) electrons. The van der Waals surface area contributed by atoms with E-state index in [9.17, 15) is 29.1 Å². The molecule has 1 aliphatic heterocycles. The highest BCUT2D eigenvalue weighted by atomic mass is 32.1. The molecule has 12 nitrogen and oxygen atoms in total. The van der Waals surface area contributed by atoms with Gasteiger partial charge in [-0.15, -0.1) is 11.3 Å². The summed E-state index contributed by atoms with van der Waals surface area (Å²) in [6.07, 6.45) is 3.28. The molecule has 13 heteroatoms. The van der Waals surface area contributed by atoms with E-state index in [4.69, 9.17) is 4.74 Å². The van der Waals surface area contributed by atoms with Crippen molar-refractivity contribution in [3.05, 3.63) is 52.0 Å². The number of aromatic nitrogens is 1. The number of rotatable bonds is 17. The number of benzene rings is 1. The molecule has 5 unspecified atom stereocenters. The fraction of sp³-hybridized carbons (Fsp3) is 0.611. The molecule has 270 valence electrons. The van der Waals surface area contributed by atoms with Crippen LogP contribution >= 0.6 is 11.3 Å². The number of likely N-dealkylation sites (N-methyl/N-ethyl adjacent to an activating group) is 2. The number of aliphatic carboxylic acids is 1. The van der Waals surface area contributed by atoms with Crippen LogP contribution in [0.1, 0.15) is 100 Å². The number of piperidine rings is 1. The summed E-state index contributed by atoms with van der Waals surface area (Å²) in [5, 5.41) is 17.4. The van der Waals surface area contributed by atoms with Gasteiger partial charge in [0.15, 0.2) is 6.10 Å². The smallest absolute Gasteiger partial charge is 0.306 e. The molecule has 3 amide bonds. The first kappa shape index (κ1) is 39.6. The lowest BCUT2D eigenvalue weighted by Gasteiger charge is -2.36. The minimum atomic E-state index is -0.944. The molecule has 49 heavy (non-hydrogen) atoms. The summed E-state index contributed by atoms with van der Waals surface area (Å²) in [4.78, 5) is 72.4. The lowest BCUT2D eigenvalue weighted by atomic mass is 9.95. The van der Waals surface area contributed by atoms with Crippen molar-refractivity contribution >= 4 is 41.0 Å². The van der Waals surface area contributed by atoms with E-state index in [0.29, 0.717) is 17.8 Å². The Bertz CT molecular complexity index is 1420. The summed E-state index contributed by atoms with van der Waals surface area (Å²) < 4.78 is 5.72. The maximum atomic E-state index is 13.8. The molecule has 1 aromatic heterocycles. The Balaban J connectivity index is 1.76. The predicted molar refractivity (Wildman–Crippen MR) is 188 cm³/mol. The molecule has 1 fully saturated rings. The fourth-order valence-corrected chi connectivity index (χ4v) is 7.18. The van der Waals surface area contributed by atoms with Crippen LogP contribution in [0.5, 0.6) is 0 Å². The highest BCUT2D eigenvalue weighted by molar-refractivity contribution is 7.09. The van der Waals surface area contributed by atoms with Crippen molar-refractivity contribution in [3.8, 4) is 0 Å². The van der Waals surface area contributed by atoms with Gasteiger partial charge in [0.1, 0.15) is 16.7 Å². The van der Waals surface area contributed by atoms with Crippen molar-refractivity contribution < 1.29 is 33.8 Å². The highest BCUT2D eigenvalue weighted by Gasteiger charge is 2.35. The number of carbonyl (C=O) groups is 5. The van der Waals surface area contributed by atoms with E-state index in [1.807, 2.05) is 63.1 Å². The quantitative estimate of drug-likeness (QED) is 0.203. The molecule has 2 aromatic rings. The molecule has 1 saturated heterocycles. The summed E-state index contributed by atoms with van der Waals surface area (Å²) in [6.45, 7) is 9.56. The third kappa shape index (κ3) is 11.6. The normalized spacial score (nSPS) is 18.1. The summed E-state index contributed by atoms with van der Waals surface area (Å²) in [5.41, 5.74) is 1.09. The first-order chi connectivity index (χ1) is 23.2. The summed E-state index contributed by atoms with van der Waals surface area (Å²) in [5.74, 6) is -3.01. The van der Waals surface area contributed by atoms with Crippen LogP contribution in [0.15, 0.2) is 35.7 Å². The van der Waals surface area contributed by atoms with Gasteiger partial charge in [0.05, 0.1) is 12.0 Å². The second-order valence-electron chi connectivity index (χ2n) is 13.5. The fourth-order valence-electron chi connectivity index (χ4n) is 6.34. The van der Waals surface area contributed by atoms with Crippen LogP contribution in [0, 0.1) is 11.8 Å². The molecule has 0 bridgehead atoms. The van der Waals surface area contributed by atoms with Gasteiger partial charge in [-0.3, -0.25) is 28.9 Å². The lowest BCUT2D eigenvalue weighted by molar-refractivity contribution is -0.149. The Hall–Kier alpha value is -3.84. The van der Waals surface area contributed by atoms with Crippen LogP contribution in [0.4, 0.5) is 0 Å². The number of carboxylic acid groups (broad SMARTS) is 1. The zero-order valence-corrected chi connectivity index (χ0v) is 30.6. The van der Waals surface area contributed by atoms with Crippen LogP contribution in [-0.4, -0.2) is 94.4 Å². The molecule has 6 atom stereocenters. The number of carboxylic acids is 1. The molecule has 0 spiro atoms. The van der Waals surface area contributed by atoms with Gasteiger partial charge in [0.2, 0.25) is 11.8 Å². The number of nitrogens with one attached hydrogen (secondary N) is 2. The average molecular weight is 700 g/mol. The van der Waals surface area contributed by atoms with Gasteiger partial charge >= 0.3 is 11.9 Å². The first-order valence-corrected chi connectivity index (χ1v) is 18.1. The number of ether oxygens (including phenoxy) is 1. The van der Waals surface area contributed by atoms with Crippen LogP contribution in [0.3, 0.4) is 0 Å². The summed E-state index contributed by atoms with van der Waals surface area (Å²) in [6, 6.07) is 7.72. The van der Waals surface area contributed by atoms with Crippen molar-refractivity contribution in [1.82, 2.24) is 25.4 Å². The molecular formula is C36H53N5O7S. The Morgan fingerprint density at radius 2 is 1.78 bits per heavy atom. The first-order valence-electron chi connectivity index (χ1n) is 17.2. The standard InChI is InChI=1S/C36H53N5O7S/c1-8-27(38-33(44)29-16-12-13-17-40(29)6)35(45)41(7)30(22(2)3)20-31(48-24(5)42)34-39-28(21-49-34)32(43)37-26(18-23(4)36(46)47)19-25-14-10-9-11-15-25/h9-11,14-15,21-23,26-27,29-31H,8,12-13,16-20H2,1-7H3,(H,37,43)(H,38,44)(H,46,47)/t23?,26?,27?,29-,30?,31?/m1/s1. The Kier molecular flexibility index (Phi) is 15.2. The van der Waals surface area contributed by atoms with E-state index in [0.717, 1.165) is 31.4 Å². The van der Waals surface area contributed by atoms with E-state index < -0.39 is 42.0 Å². The second-order valence-corrected chi connectivity index (χ2v) is 14.4. The Morgan fingerprint density at radius 3 is 2.37 bits per heavy atom. The minimum Gasteiger partial charge on any atom is -0.481 e. The number of esters is 1. The molecule has 1 aliphatic rings. The number of hydrogen-bond acceptors (Lipinski definition) is 9. The molecule has 2 heterocycles. The largest absolute Gasteiger partial charge is 0.481 e. The SMILES string of the molecule is CCC(NC(=O)[C@H]1CCCCN1C)C(=O)N(C)C(CC(OC(C)=O)c1nc(C(=O)NC(Cc2ccccc2)CC(C)C(=O)O)cs1)C(C)C. The molecular weight excluding hydrogens is 646 g/mol. The van der Waals surface area contributed by atoms with Crippen LogP contribution < -0.4 is 10.6 Å². The molecule has 0 saturated carbocycles. The van der Waals surface area contributed by atoms with E-state index in [1.54, 1.807) is 24.3 Å². The molecule has 3 rings (SSSR count). The Morgan fingerprint density at radius 1 is 1.08 bits per heavy atom. The Labute approximate surface area is 294 Å². The van der Waals surface area contributed by atoms with Gasteiger partial charge in [-0.05, 0) is 57.2 Å². The number of amides is 3. The van der Waals surface area contributed by atoms with Crippen LogP contribution in [0.25, 0.3) is 0 Å². The summed E-state index contributed by atoms with van der Waals surface area (Å²) >= 11 is 1.18. The zero-order valence-electron chi connectivity index (χ0n) is 29.8. The highest BCUT2D eigenvalue weighted by Crippen LogP contribution is 2.31. The maximum Gasteiger partial charge on any atom is 0.306 e. The van der Waals surface area contributed by atoms with Crippen LogP contribution in [-0.2, 0) is 30.3 Å². The van der Waals surface area contributed by atoms with Crippen molar-refractivity contribution in [2.24, 2.45) is 11.8 Å².